The average molecular weight is 393 g/mol. The Morgan fingerprint density at radius 2 is 1.71 bits per heavy atom. The second-order valence-corrected chi connectivity index (χ2v) is 10.3. The van der Waals surface area contributed by atoms with Crippen LogP contribution in [-0.2, 0) is 9.53 Å². The maximum atomic E-state index is 13.1. The van der Waals surface area contributed by atoms with Gasteiger partial charge in [0, 0.05) is 6.92 Å². The van der Waals surface area contributed by atoms with Crippen molar-refractivity contribution >= 4 is 5.97 Å². The van der Waals surface area contributed by atoms with Crippen molar-refractivity contribution in [2.24, 2.45) is 40.4 Å². The van der Waals surface area contributed by atoms with E-state index in [4.69, 9.17) is 4.74 Å². The fourth-order valence-corrected chi connectivity index (χ4v) is 7.86. The van der Waals surface area contributed by atoms with Gasteiger partial charge in [0.2, 0.25) is 0 Å². The number of esters is 1. The molecule has 4 saturated carbocycles. The van der Waals surface area contributed by atoms with Crippen LogP contribution in [0, 0.1) is 52.5 Å². The molecular weight excluding hydrogens is 359 g/mol. The Kier molecular flexibility index (Phi) is 5.03. The lowest BCUT2D eigenvalue weighted by Gasteiger charge is -2.63. The first-order chi connectivity index (χ1) is 13.2. The summed E-state index contributed by atoms with van der Waals surface area (Å²) in [6.07, 6.45) is 6.33. The Balaban J connectivity index is 1.67. The van der Waals surface area contributed by atoms with Crippen molar-refractivity contribution in [3.05, 3.63) is 0 Å². The molecule has 28 heavy (non-hydrogen) atoms. The highest BCUT2D eigenvalue weighted by atomic mass is 19.1. The second kappa shape index (κ2) is 6.99. The summed E-state index contributed by atoms with van der Waals surface area (Å²) < 4.78 is 18.6. The van der Waals surface area contributed by atoms with Crippen LogP contribution in [0.5, 0.6) is 0 Å². The highest BCUT2D eigenvalue weighted by Gasteiger charge is 2.64. The molecule has 2 N–H and O–H groups in total. The van der Waals surface area contributed by atoms with E-state index in [1.165, 1.54) is 6.92 Å². The predicted octanol–water partition coefficient (Wildman–Crippen LogP) is 3.45. The van der Waals surface area contributed by atoms with Crippen molar-refractivity contribution in [1.29, 1.82) is 0 Å². The summed E-state index contributed by atoms with van der Waals surface area (Å²) in [4.78, 5) is 11.5. The number of fused-ring (bicyclic) bond motifs is 5. The lowest BCUT2D eigenvalue weighted by molar-refractivity contribution is -0.193. The molecular formula is C23H33FO4. The van der Waals surface area contributed by atoms with Crippen molar-refractivity contribution < 1.29 is 24.1 Å². The minimum absolute atomic E-state index is 0.0146. The van der Waals surface area contributed by atoms with E-state index in [0.29, 0.717) is 24.7 Å². The highest BCUT2D eigenvalue weighted by molar-refractivity contribution is 5.66. The van der Waals surface area contributed by atoms with Gasteiger partial charge in [-0.05, 0) is 79.4 Å². The van der Waals surface area contributed by atoms with E-state index in [0.717, 1.165) is 32.1 Å². The summed E-state index contributed by atoms with van der Waals surface area (Å²) in [6, 6.07) is 0. The van der Waals surface area contributed by atoms with E-state index in [1.807, 2.05) is 0 Å². The third-order valence-electron chi connectivity index (χ3n) is 9.26. The first-order valence-electron chi connectivity index (χ1n) is 10.9. The van der Waals surface area contributed by atoms with Gasteiger partial charge in [0.1, 0.15) is 12.3 Å². The molecule has 156 valence electrons. The van der Waals surface area contributed by atoms with Crippen molar-refractivity contribution in [2.45, 2.75) is 84.0 Å². The van der Waals surface area contributed by atoms with Gasteiger partial charge in [-0.3, -0.25) is 4.79 Å². The molecule has 4 rings (SSSR count). The summed E-state index contributed by atoms with van der Waals surface area (Å²) in [7, 11) is 0. The Morgan fingerprint density at radius 3 is 2.39 bits per heavy atom. The van der Waals surface area contributed by atoms with Crippen LogP contribution in [0.1, 0.15) is 65.7 Å². The van der Waals surface area contributed by atoms with Gasteiger partial charge in [0.05, 0.1) is 18.1 Å². The van der Waals surface area contributed by atoms with Crippen LogP contribution < -0.4 is 0 Å². The number of hydrogen-bond acceptors (Lipinski definition) is 4. The number of aliphatic hydroxyl groups excluding tert-OH is 2. The smallest absolute Gasteiger partial charge is 0.302 e. The zero-order valence-corrected chi connectivity index (χ0v) is 17.2. The van der Waals surface area contributed by atoms with Crippen molar-refractivity contribution in [1.82, 2.24) is 0 Å². The van der Waals surface area contributed by atoms with Crippen molar-refractivity contribution in [2.75, 3.05) is 0 Å². The van der Waals surface area contributed by atoms with Gasteiger partial charge in [0.15, 0.2) is 0 Å². The molecule has 10 atom stereocenters. The Bertz CT molecular complexity index is 698. The molecule has 4 aliphatic rings. The fraction of sp³-hybridized carbons (Fsp3) is 0.870. The molecule has 0 spiro atoms. The molecule has 5 heteroatoms. The van der Waals surface area contributed by atoms with Crippen LogP contribution in [0.2, 0.25) is 0 Å². The molecule has 4 fully saturated rings. The zero-order chi connectivity index (χ0) is 20.3. The van der Waals surface area contributed by atoms with E-state index >= 15 is 0 Å². The molecule has 5 unspecified atom stereocenters. The molecule has 4 aliphatic carbocycles. The molecule has 0 aromatic carbocycles. The number of hydrogen-bond donors (Lipinski definition) is 2. The largest absolute Gasteiger partial charge is 0.461 e. The molecule has 4 nitrogen and oxygen atoms in total. The molecule has 0 radical (unpaired) electrons. The lowest BCUT2D eigenvalue weighted by Crippen LogP contribution is -2.61. The SMILES string of the molecule is CC(=O)OC1CC[C@@]2(C)C(CC(O)[C@@H]3[C@H]2CC[C@]2(C)C(O)CC[C@@H]32)C1C#CF. The van der Waals surface area contributed by atoms with Crippen LogP contribution in [0.3, 0.4) is 0 Å². The molecule has 0 amide bonds. The standard InChI is InChI=1S/C23H33FO4/c1-13(25)28-19-7-10-22(2)16-6-9-23(3)15(4-5-20(23)27)21(16)18(26)12-17(22)14(19)8-11-24/h14-21,26-27H,4-7,9-10,12H2,1-3H3/t14?,15-,16+,17?,18?,19?,20?,21-,22+,23-/m0/s1. The summed E-state index contributed by atoms with van der Waals surface area (Å²) in [5, 5.41) is 21.8. The van der Waals surface area contributed by atoms with E-state index in [-0.39, 0.29) is 40.7 Å². The van der Waals surface area contributed by atoms with Gasteiger partial charge in [-0.1, -0.05) is 19.8 Å². The normalized spacial score (nSPS) is 52.5. The Hall–Kier alpha value is -1.12. The molecule has 0 heterocycles. The van der Waals surface area contributed by atoms with Crippen molar-refractivity contribution in [3.8, 4) is 12.1 Å². The number of rotatable bonds is 1. The van der Waals surface area contributed by atoms with Gasteiger partial charge in [-0.15, -0.1) is 4.39 Å². The number of carbonyl (C=O) groups excluding carboxylic acids is 1. The van der Waals surface area contributed by atoms with Crippen LogP contribution >= 0.6 is 0 Å². The average Bonchev–Trinajstić information content (AvgIpc) is 2.94. The monoisotopic (exact) mass is 392 g/mol. The second-order valence-electron chi connectivity index (χ2n) is 10.3. The van der Waals surface area contributed by atoms with E-state index in [9.17, 15) is 19.4 Å². The third kappa shape index (κ3) is 2.82. The van der Waals surface area contributed by atoms with Gasteiger partial charge < -0.3 is 14.9 Å². The van der Waals surface area contributed by atoms with E-state index < -0.39 is 12.2 Å². The van der Waals surface area contributed by atoms with Gasteiger partial charge >= 0.3 is 5.97 Å². The molecule has 0 aliphatic heterocycles. The van der Waals surface area contributed by atoms with Gasteiger partial charge in [-0.2, -0.15) is 0 Å². The van der Waals surface area contributed by atoms with E-state index in [1.54, 1.807) is 6.17 Å². The van der Waals surface area contributed by atoms with Gasteiger partial charge in [0.25, 0.3) is 0 Å². The summed E-state index contributed by atoms with van der Waals surface area (Å²) >= 11 is 0. The number of aliphatic hydroxyl groups is 2. The first-order valence-corrected chi connectivity index (χ1v) is 10.9. The summed E-state index contributed by atoms with van der Waals surface area (Å²) in [6.45, 7) is 5.86. The highest BCUT2D eigenvalue weighted by Crippen LogP contribution is 2.67. The molecule has 0 aromatic heterocycles. The third-order valence-corrected chi connectivity index (χ3v) is 9.26. The molecule has 0 saturated heterocycles. The van der Waals surface area contributed by atoms with Crippen LogP contribution in [0.15, 0.2) is 0 Å². The zero-order valence-electron chi connectivity index (χ0n) is 17.2. The topological polar surface area (TPSA) is 66.8 Å². The van der Waals surface area contributed by atoms with Gasteiger partial charge in [-0.25, -0.2) is 0 Å². The maximum Gasteiger partial charge on any atom is 0.302 e. The lowest BCUT2D eigenvalue weighted by atomic mass is 9.43. The molecule has 0 bridgehead atoms. The van der Waals surface area contributed by atoms with Crippen LogP contribution in [0.25, 0.3) is 0 Å². The van der Waals surface area contributed by atoms with Crippen LogP contribution in [0.4, 0.5) is 4.39 Å². The Labute approximate surface area is 167 Å². The quantitative estimate of drug-likeness (QED) is 0.530. The van der Waals surface area contributed by atoms with Crippen molar-refractivity contribution in [3.63, 3.8) is 0 Å². The molecule has 0 aromatic rings. The summed E-state index contributed by atoms with van der Waals surface area (Å²) in [5.74, 6) is 2.84. The fourth-order valence-electron chi connectivity index (χ4n) is 7.86. The predicted molar refractivity (Wildman–Crippen MR) is 102 cm³/mol. The van der Waals surface area contributed by atoms with E-state index in [2.05, 4.69) is 19.8 Å². The number of halogens is 1. The maximum absolute atomic E-state index is 13.1. The Morgan fingerprint density at radius 1 is 1.04 bits per heavy atom. The minimum Gasteiger partial charge on any atom is -0.461 e. The summed E-state index contributed by atoms with van der Waals surface area (Å²) in [5.41, 5.74) is -0.150. The minimum atomic E-state index is -0.474. The first kappa shape index (κ1) is 20.2. The number of ether oxygens (including phenoxy) is 1. The van der Waals surface area contributed by atoms with Crippen LogP contribution in [-0.4, -0.2) is 34.5 Å². The number of carbonyl (C=O) groups is 1.